The summed E-state index contributed by atoms with van der Waals surface area (Å²) in [6.07, 6.45) is 1.71. The predicted octanol–water partition coefficient (Wildman–Crippen LogP) is 2.83. The maximum Gasteiger partial charge on any atom is 0.161 e. The average Bonchev–Trinajstić information content (AvgIpc) is 2.49. The fraction of sp³-hybridized carbons (Fsp3) is 0.267. The molecule has 0 radical (unpaired) electrons. The second-order valence-corrected chi connectivity index (χ2v) is 4.10. The lowest BCUT2D eigenvalue weighted by Gasteiger charge is -2.12. The minimum atomic E-state index is 0.585. The Bertz CT molecular complexity index is 573. The Hall–Kier alpha value is -2.27. The standard InChI is InChI=1S/C15H19N3O2/c1-3-19-14-6-5-11(9-15(14)20-4-2)13-10-12(18-16)7-8-17-13/h5-10H,3-4,16H2,1-2H3,(H,17,18). The Balaban J connectivity index is 2.38. The van der Waals surface area contributed by atoms with Crippen LogP contribution in [0.2, 0.25) is 0 Å². The van der Waals surface area contributed by atoms with Crippen molar-refractivity contribution in [1.29, 1.82) is 0 Å². The van der Waals surface area contributed by atoms with Crippen molar-refractivity contribution in [2.45, 2.75) is 13.8 Å². The summed E-state index contributed by atoms with van der Waals surface area (Å²) in [4.78, 5) is 4.34. The maximum absolute atomic E-state index is 5.62. The molecule has 2 rings (SSSR count). The molecule has 3 N–H and O–H groups in total. The molecule has 0 amide bonds. The molecule has 0 aliphatic rings. The van der Waals surface area contributed by atoms with Gasteiger partial charge in [-0.3, -0.25) is 10.8 Å². The highest BCUT2D eigenvalue weighted by Gasteiger charge is 2.08. The normalized spacial score (nSPS) is 10.2. The first kappa shape index (κ1) is 14.1. The van der Waals surface area contributed by atoms with E-state index in [1.54, 1.807) is 6.20 Å². The number of nitrogens with zero attached hydrogens (tertiary/aromatic N) is 1. The Morgan fingerprint density at radius 1 is 1.05 bits per heavy atom. The minimum Gasteiger partial charge on any atom is -0.490 e. The third kappa shape index (κ3) is 3.19. The molecule has 0 fully saturated rings. The first-order chi connectivity index (χ1) is 9.78. The molecule has 5 heteroatoms. The molecule has 1 aromatic heterocycles. The Morgan fingerprint density at radius 2 is 1.80 bits per heavy atom. The molecule has 5 nitrogen and oxygen atoms in total. The number of hydrazine groups is 1. The van der Waals surface area contributed by atoms with Gasteiger partial charge in [-0.2, -0.15) is 0 Å². The van der Waals surface area contributed by atoms with Gasteiger partial charge in [0.25, 0.3) is 0 Å². The number of ether oxygens (including phenoxy) is 2. The van der Waals surface area contributed by atoms with Gasteiger partial charge in [-0.15, -0.1) is 0 Å². The van der Waals surface area contributed by atoms with E-state index in [9.17, 15) is 0 Å². The summed E-state index contributed by atoms with van der Waals surface area (Å²) in [5.74, 6) is 6.88. The zero-order valence-corrected chi connectivity index (χ0v) is 11.7. The van der Waals surface area contributed by atoms with Crippen molar-refractivity contribution in [3.63, 3.8) is 0 Å². The van der Waals surface area contributed by atoms with Crippen LogP contribution in [0.25, 0.3) is 11.3 Å². The van der Waals surface area contributed by atoms with Crippen LogP contribution in [0.4, 0.5) is 5.69 Å². The summed E-state index contributed by atoms with van der Waals surface area (Å²) in [7, 11) is 0. The van der Waals surface area contributed by atoms with Gasteiger partial charge < -0.3 is 14.9 Å². The smallest absolute Gasteiger partial charge is 0.161 e. The van der Waals surface area contributed by atoms with E-state index in [0.29, 0.717) is 13.2 Å². The Kier molecular flexibility index (Phi) is 4.79. The van der Waals surface area contributed by atoms with Gasteiger partial charge >= 0.3 is 0 Å². The van der Waals surface area contributed by atoms with Crippen molar-refractivity contribution in [3.8, 4) is 22.8 Å². The van der Waals surface area contributed by atoms with E-state index < -0.39 is 0 Å². The molecule has 0 unspecified atom stereocenters. The van der Waals surface area contributed by atoms with Crippen molar-refractivity contribution >= 4 is 5.69 Å². The van der Waals surface area contributed by atoms with Crippen LogP contribution < -0.4 is 20.7 Å². The number of nitrogens with two attached hydrogens (primary N) is 1. The van der Waals surface area contributed by atoms with Crippen LogP contribution in [0.3, 0.4) is 0 Å². The van der Waals surface area contributed by atoms with Gasteiger partial charge in [-0.25, -0.2) is 0 Å². The van der Waals surface area contributed by atoms with Crippen molar-refractivity contribution in [2.75, 3.05) is 18.6 Å². The van der Waals surface area contributed by atoms with Crippen molar-refractivity contribution in [3.05, 3.63) is 36.5 Å². The molecule has 0 saturated carbocycles. The number of aromatic nitrogens is 1. The van der Waals surface area contributed by atoms with E-state index in [2.05, 4.69) is 10.4 Å². The molecule has 1 heterocycles. The van der Waals surface area contributed by atoms with Gasteiger partial charge in [0.15, 0.2) is 11.5 Å². The SMILES string of the molecule is CCOc1ccc(-c2cc(NN)ccn2)cc1OCC. The Morgan fingerprint density at radius 3 is 2.50 bits per heavy atom. The number of rotatable bonds is 6. The highest BCUT2D eigenvalue weighted by molar-refractivity contribution is 5.67. The van der Waals surface area contributed by atoms with Gasteiger partial charge in [-0.05, 0) is 44.2 Å². The zero-order chi connectivity index (χ0) is 14.4. The molecule has 2 aromatic rings. The number of benzene rings is 1. The van der Waals surface area contributed by atoms with Crippen molar-refractivity contribution in [2.24, 2.45) is 5.84 Å². The predicted molar refractivity (Wildman–Crippen MR) is 79.8 cm³/mol. The van der Waals surface area contributed by atoms with Gasteiger partial charge in [-0.1, -0.05) is 0 Å². The zero-order valence-electron chi connectivity index (χ0n) is 11.7. The number of pyridine rings is 1. The number of hydrogen-bond donors (Lipinski definition) is 2. The average molecular weight is 273 g/mol. The fourth-order valence-electron chi connectivity index (χ4n) is 1.89. The molecular weight excluding hydrogens is 254 g/mol. The van der Waals surface area contributed by atoms with Crippen LogP contribution in [0.15, 0.2) is 36.5 Å². The van der Waals surface area contributed by atoms with Crippen LogP contribution in [0.1, 0.15) is 13.8 Å². The molecule has 0 aliphatic carbocycles. The summed E-state index contributed by atoms with van der Waals surface area (Å²) in [6, 6.07) is 9.47. The molecule has 106 valence electrons. The fourth-order valence-corrected chi connectivity index (χ4v) is 1.89. The lowest BCUT2D eigenvalue weighted by molar-refractivity contribution is 0.288. The molecular formula is C15H19N3O2. The second kappa shape index (κ2) is 6.77. The molecule has 0 saturated heterocycles. The second-order valence-electron chi connectivity index (χ2n) is 4.10. The third-order valence-corrected chi connectivity index (χ3v) is 2.77. The molecule has 0 atom stereocenters. The number of hydrogen-bond acceptors (Lipinski definition) is 5. The summed E-state index contributed by atoms with van der Waals surface area (Å²) in [5.41, 5.74) is 5.20. The maximum atomic E-state index is 5.62. The highest BCUT2D eigenvalue weighted by Crippen LogP contribution is 2.32. The van der Waals surface area contributed by atoms with E-state index >= 15 is 0 Å². The molecule has 0 bridgehead atoms. The van der Waals surface area contributed by atoms with E-state index in [1.807, 2.05) is 44.2 Å². The molecule has 0 aliphatic heterocycles. The number of anilines is 1. The third-order valence-electron chi connectivity index (χ3n) is 2.77. The van der Waals surface area contributed by atoms with Gasteiger partial charge in [0.1, 0.15) is 0 Å². The molecule has 20 heavy (non-hydrogen) atoms. The minimum absolute atomic E-state index is 0.585. The lowest BCUT2D eigenvalue weighted by atomic mass is 10.1. The van der Waals surface area contributed by atoms with E-state index in [-0.39, 0.29) is 0 Å². The highest BCUT2D eigenvalue weighted by atomic mass is 16.5. The van der Waals surface area contributed by atoms with Gasteiger partial charge in [0, 0.05) is 11.8 Å². The van der Waals surface area contributed by atoms with Crippen LogP contribution >= 0.6 is 0 Å². The topological polar surface area (TPSA) is 69.4 Å². The van der Waals surface area contributed by atoms with Gasteiger partial charge in [0.05, 0.1) is 24.6 Å². The first-order valence-corrected chi connectivity index (χ1v) is 6.61. The monoisotopic (exact) mass is 273 g/mol. The summed E-state index contributed by atoms with van der Waals surface area (Å²) in [5, 5.41) is 0. The van der Waals surface area contributed by atoms with Crippen LogP contribution in [-0.2, 0) is 0 Å². The van der Waals surface area contributed by atoms with Crippen LogP contribution in [0.5, 0.6) is 11.5 Å². The largest absolute Gasteiger partial charge is 0.490 e. The van der Waals surface area contributed by atoms with E-state index in [0.717, 1.165) is 28.4 Å². The lowest BCUT2D eigenvalue weighted by Crippen LogP contribution is -2.06. The molecule has 0 spiro atoms. The van der Waals surface area contributed by atoms with Crippen LogP contribution in [0, 0.1) is 0 Å². The summed E-state index contributed by atoms with van der Waals surface area (Å²) < 4.78 is 11.2. The van der Waals surface area contributed by atoms with E-state index in [4.69, 9.17) is 15.3 Å². The number of nitrogen functional groups attached to an aromatic ring is 1. The quantitative estimate of drug-likeness (QED) is 0.625. The first-order valence-electron chi connectivity index (χ1n) is 6.61. The van der Waals surface area contributed by atoms with Crippen LogP contribution in [-0.4, -0.2) is 18.2 Å². The molecule has 1 aromatic carbocycles. The van der Waals surface area contributed by atoms with Crippen molar-refractivity contribution in [1.82, 2.24) is 4.98 Å². The summed E-state index contributed by atoms with van der Waals surface area (Å²) in [6.45, 7) is 5.08. The van der Waals surface area contributed by atoms with E-state index in [1.165, 1.54) is 0 Å². The van der Waals surface area contributed by atoms with Crippen molar-refractivity contribution < 1.29 is 9.47 Å². The Labute approximate surface area is 118 Å². The number of nitrogens with one attached hydrogen (secondary N) is 1. The van der Waals surface area contributed by atoms with Gasteiger partial charge in [0.2, 0.25) is 0 Å². The summed E-state index contributed by atoms with van der Waals surface area (Å²) >= 11 is 0.